The maximum absolute atomic E-state index is 12.1. The highest BCUT2D eigenvalue weighted by molar-refractivity contribution is 6.31. The zero-order valence-electron chi connectivity index (χ0n) is 10.4. The summed E-state index contributed by atoms with van der Waals surface area (Å²) in [6.07, 6.45) is 0. The number of hydrogen-bond donors (Lipinski definition) is 1. The topological polar surface area (TPSA) is 29.1 Å². The van der Waals surface area contributed by atoms with Gasteiger partial charge in [-0.25, -0.2) is 0 Å². The minimum Gasteiger partial charge on any atom is -0.322 e. The Morgan fingerprint density at radius 2 is 1.95 bits per heavy atom. The summed E-state index contributed by atoms with van der Waals surface area (Å²) in [6.45, 7) is 1.87. The molecule has 2 aromatic rings. The minimum atomic E-state index is -0.169. The Morgan fingerprint density at radius 1 is 1.21 bits per heavy atom. The van der Waals surface area contributed by atoms with Gasteiger partial charge in [0.2, 0.25) is 0 Å². The SMILES string of the molecule is Cc1cc(C(=O)Nc2ccccc2CCl)ccc1Cl. The van der Waals surface area contributed by atoms with Crippen molar-refractivity contribution in [1.82, 2.24) is 0 Å². The Bertz CT molecular complexity index is 611. The Morgan fingerprint density at radius 3 is 2.63 bits per heavy atom. The summed E-state index contributed by atoms with van der Waals surface area (Å²) in [7, 11) is 0. The molecule has 0 aliphatic carbocycles. The second-order valence-electron chi connectivity index (χ2n) is 4.21. The van der Waals surface area contributed by atoms with Crippen molar-refractivity contribution < 1.29 is 4.79 Å². The summed E-state index contributed by atoms with van der Waals surface area (Å²) in [5.41, 5.74) is 3.07. The molecule has 2 aromatic carbocycles. The van der Waals surface area contributed by atoms with Crippen LogP contribution in [0.2, 0.25) is 5.02 Å². The number of aryl methyl sites for hydroxylation is 1. The zero-order chi connectivity index (χ0) is 13.8. The predicted molar refractivity (Wildman–Crippen MR) is 80.1 cm³/mol. The first-order valence-corrected chi connectivity index (χ1v) is 6.74. The van der Waals surface area contributed by atoms with Crippen LogP contribution in [0.4, 0.5) is 5.69 Å². The number of hydrogen-bond acceptors (Lipinski definition) is 1. The molecular weight excluding hydrogens is 281 g/mol. The van der Waals surface area contributed by atoms with Gasteiger partial charge in [-0.3, -0.25) is 4.79 Å². The molecule has 0 bridgehead atoms. The van der Waals surface area contributed by atoms with Gasteiger partial charge in [-0.2, -0.15) is 0 Å². The van der Waals surface area contributed by atoms with Crippen LogP contribution in [-0.2, 0) is 5.88 Å². The Kier molecular flexibility index (Phi) is 4.46. The summed E-state index contributed by atoms with van der Waals surface area (Å²) < 4.78 is 0. The second-order valence-corrected chi connectivity index (χ2v) is 4.88. The van der Waals surface area contributed by atoms with E-state index >= 15 is 0 Å². The molecule has 0 aliphatic rings. The third kappa shape index (κ3) is 3.28. The lowest BCUT2D eigenvalue weighted by Crippen LogP contribution is -2.13. The number of nitrogens with one attached hydrogen (secondary N) is 1. The molecule has 1 amide bonds. The molecule has 4 heteroatoms. The molecule has 98 valence electrons. The highest BCUT2D eigenvalue weighted by Crippen LogP contribution is 2.20. The van der Waals surface area contributed by atoms with Crippen molar-refractivity contribution in [1.29, 1.82) is 0 Å². The van der Waals surface area contributed by atoms with E-state index in [0.29, 0.717) is 16.5 Å². The van der Waals surface area contributed by atoms with Crippen LogP contribution in [-0.4, -0.2) is 5.91 Å². The number of rotatable bonds is 3. The van der Waals surface area contributed by atoms with Gasteiger partial charge in [0.1, 0.15) is 0 Å². The molecule has 2 nitrogen and oxygen atoms in total. The van der Waals surface area contributed by atoms with Gasteiger partial charge in [0.15, 0.2) is 0 Å². The van der Waals surface area contributed by atoms with E-state index in [9.17, 15) is 4.79 Å². The molecular formula is C15H13Cl2NO. The highest BCUT2D eigenvalue weighted by atomic mass is 35.5. The molecule has 0 unspecified atom stereocenters. The van der Waals surface area contributed by atoms with E-state index in [-0.39, 0.29) is 5.91 Å². The van der Waals surface area contributed by atoms with Crippen LogP contribution < -0.4 is 5.32 Å². The third-order valence-electron chi connectivity index (χ3n) is 2.83. The van der Waals surface area contributed by atoms with Crippen LogP contribution in [0, 0.1) is 6.92 Å². The van der Waals surface area contributed by atoms with Crippen molar-refractivity contribution in [3.8, 4) is 0 Å². The van der Waals surface area contributed by atoms with Gasteiger partial charge in [-0.05, 0) is 42.3 Å². The fraction of sp³-hybridized carbons (Fsp3) is 0.133. The van der Waals surface area contributed by atoms with Crippen molar-refractivity contribution in [2.24, 2.45) is 0 Å². The second kappa shape index (κ2) is 6.09. The highest BCUT2D eigenvalue weighted by Gasteiger charge is 2.09. The molecule has 0 atom stereocenters. The van der Waals surface area contributed by atoms with E-state index in [0.717, 1.165) is 16.8 Å². The number of anilines is 1. The fourth-order valence-electron chi connectivity index (χ4n) is 1.74. The lowest BCUT2D eigenvalue weighted by atomic mass is 10.1. The number of carbonyl (C=O) groups is 1. The zero-order valence-corrected chi connectivity index (χ0v) is 11.9. The summed E-state index contributed by atoms with van der Waals surface area (Å²) in [5.74, 6) is 0.188. The number of amides is 1. The average Bonchev–Trinajstić information content (AvgIpc) is 2.42. The van der Waals surface area contributed by atoms with Gasteiger partial charge in [0.05, 0.1) is 0 Å². The largest absolute Gasteiger partial charge is 0.322 e. The molecule has 0 aromatic heterocycles. The molecule has 0 saturated carbocycles. The van der Waals surface area contributed by atoms with E-state index in [2.05, 4.69) is 5.32 Å². The maximum atomic E-state index is 12.1. The maximum Gasteiger partial charge on any atom is 0.255 e. The van der Waals surface area contributed by atoms with E-state index in [1.165, 1.54) is 0 Å². The number of benzene rings is 2. The molecule has 0 saturated heterocycles. The van der Waals surface area contributed by atoms with Crippen molar-refractivity contribution in [2.45, 2.75) is 12.8 Å². The summed E-state index contributed by atoms with van der Waals surface area (Å²) >= 11 is 11.8. The van der Waals surface area contributed by atoms with Gasteiger partial charge in [-0.15, -0.1) is 11.6 Å². The predicted octanol–water partition coefficient (Wildman–Crippen LogP) is 4.64. The first-order valence-electron chi connectivity index (χ1n) is 5.83. The average molecular weight is 294 g/mol. The van der Waals surface area contributed by atoms with E-state index in [1.807, 2.05) is 31.2 Å². The molecule has 2 rings (SSSR count). The van der Waals surface area contributed by atoms with Crippen molar-refractivity contribution in [2.75, 3.05) is 5.32 Å². The van der Waals surface area contributed by atoms with Crippen LogP contribution >= 0.6 is 23.2 Å². The van der Waals surface area contributed by atoms with Crippen molar-refractivity contribution in [3.63, 3.8) is 0 Å². The normalized spacial score (nSPS) is 10.3. The van der Waals surface area contributed by atoms with Crippen molar-refractivity contribution >= 4 is 34.8 Å². The first kappa shape index (κ1) is 13.9. The van der Waals surface area contributed by atoms with Gasteiger partial charge in [0.25, 0.3) is 5.91 Å². The molecule has 1 N–H and O–H groups in total. The smallest absolute Gasteiger partial charge is 0.255 e. The molecule has 0 spiro atoms. The summed E-state index contributed by atoms with van der Waals surface area (Å²) in [5, 5.41) is 3.51. The van der Waals surface area contributed by atoms with Crippen molar-refractivity contribution in [3.05, 3.63) is 64.2 Å². The molecule has 0 radical (unpaired) electrons. The molecule has 0 heterocycles. The molecule has 0 aliphatic heterocycles. The lowest BCUT2D eigenvalue weighted by Gasteiger charge is -2.09. The van der Waals surface area contributed by atoms with Crippen LogP contribution in [0.25, 0.3) is 0 Å². The Balaban J connectivity index is 2.23. The van der Waals surface area contributed by atoms with E-state index in [4.69, 9.17) is 23.2 Å². The number of para-hydroxylation sites is 1. The lowest BCUT2D eigenvalue weighted by molar-refractivity contribution is 0.102. The Labute approximate surface area is 122 Å². The first-order chi connectivity index (χ1) is 9.11. The molecule has 0 fully saturated rings. The number of carbonyl (C=O) groups excluding carboxylic acids is 1. The van der Waals surface area contributed by atoms with Crippen LogP contribution in [0.5, 0.6) is 0 Å². The minimum absolute atomic E-state index is 0.169. The fourth-order valence-corrected chi connectivity index (χ4v) is 2.09. The van der Waals surface area contributed by atoms with Gasteiger partial charge >= 0.3 is 0 Å². The van der Waals surface area contributed by atoms with Gasteiger partial charge < -0.3 is 5.32 Å². The quantitative estimate of drug-likeness (QED) is 0.821. The van der Waals surface area contributed by atoms with Crippen LogP contribution in [0.3, 0.4) is 0 Å². The van der Waals surface area contributed by atoms with Crippen LogP contribution in [0.15, 0.2) is 42.5 Å². The monoisotopic (exact) mass is 293 g/mol. The standard InChI is InChI=1S/C15H13Cl2NO/c1-10-8-11(6-7-13(10)17)15(19)18-14-5-3-2-4-12(14)9-16/h2-8H,9H2,1H3,(H,18,19). The number of halogens is 2. The van der Waals surface area contributed by atoms with Crippen LogP contribution in [0.1, 0.15) is 21.5 Å². The number of alkyl halides is 1. The van der Waals surface area contributed by atoms with E-state index < -0.39 is 0 Å². The molecule has 19 heavy (non-hydrogen) atoms. The van der Waals surface area contributed by atoms with Gasteiger partial charge in [-0.1, -0.05) is 29.8 Å². The third-order valence-corrected chi connectivity index (χ3v) is 3.54. The Hall–Kier alpha value is -1.51. The summed E-state index contributed by atoms with van der Waals surface area (Å²) in [6, 6.07) is 12.7. The van der Waals surface area contributed by atoms with Gasteiger partial charge in [0, 0.05) is 22.2 Å². The summed E-state index contributed by atoms with van der Waals surface area (Å²) in [4.78, 5) is 12.1. The van der Waals surface area contributed by atoms with E-state index in [1.54, 1.807) is 18.2 Å².